The Hall–Kier alpha value is -3.77. The van der Waals surface area contributed by atoms with Crippen molar-refractivity contribution in [3.8, 4) is 0 Å². The predicted molar refractivity (Wildman–Crippen MR) is 156 cm³/mol. The Bertz CT molecular complexity index is 1150. The number of aryl methyl sites for hydroxylation is 1. The second-order valence-electron chi connectivity index (χ2n) is 10.5. The Morgan fingerprint density at radius 2 is 1.83 bits per heavy atom. The van der Waals surface area contributed by atoms with Crippen molar-refractivity contribution < 1.29 is 33.8 Å². The highest BCUT2D eigenvalue weighted by molar-refractivity contribution is 5.86. The minimum atomic E-state index is -1.21. The number of rotatable bonds is 18. The minimum absolute atomic E-state index is 0.0456. The van der Waals surface area contributed by atoms with Crippen LogP contribution in [0.1, 0.15) is 70.7 Å². The van der Waals surface area contributed by atoms with E-state index < -0.39 is 42.0 Å². The number of esters is 2. The van der Waals surface area contributed by atoms with Crippen LogP contribution in [0.25, 0.3) is 0 Å². The summed E-state index contributed by atoms with van der Waals surface area (Å²) in [6, 6.07) is 7.06. The van der Waals surface area contributed by atoms with E-state index in [2.05, 4.69) is 36.0 Å². The van der Waals surface area contributed by atoms with Gasteiger partial charge in [-0.2, -0.15) is 0 Å². The van der Waals surface area contributed by atoms with Crippen LogP contribution in [0.3, 0.4) is 0 Å². The fraction of sp³-hybridized carbons (Fsp3) is 0.567. The van der Waals surface area contributed by atoms with E-state index in [1.807, 2.05) is 7.05 Å². The summed E-state index contributed by atoms with van der Waals surface area (Å²) in [6.45, 7) is 8.16. The van der Waals surface area contributed by atoms with Crippen LogP contribution >= 0.6 is 0 Å². The number of hydrogen-bond donors (Lipinski definition) is 3. The summed E-state index contributed by atoms with van der Waals surface area (Å²) >= 11 is 0. The number of ether oxygens (including phenoxy) is 2. The van der Waals surface area contributed by atoms with Crippen LogP contribution in [0.5, 0.6) is 0 Å². The van der Waals surface area contributed by atoms with Gasteiger partial charge in [0.1, 0.15) is 12.6 Å². The lowest BCUT2D eigenvalue weighted by atomic mass is 10.1. The van der Waals surface area contributed by atoms with E-state index in [0.717, 1.165) is 19.3 Å². The van der Waals surface area contributed by atoms with Crippen molar-refractivity contribution in [1.29, 1.82) is 0 Å². The smallest absolute Gasteiger partial charge is 0.352 e. The van der Waals surface area contributed by atoms with Gasteiger partial charge in [0.15, 0.2) is 0 Å². The van der Waals surface area contributed by atoms with Crippen molar-refractivity contribution in [2.75, 3.05) is 13.7 Å². The molecule has 1 aromatic heterocycles. The number of aliphatic carboxylic acids is 1. The van der Waals surface area contributed by atoms with Gasteiger partial charge in [-0.1, -0.05) is 50.6 Å². The number of amides is 1. The third-order valence-electron chi connectivity index (χ3n) is 7.17. The summed E-state index contributed by atoms with van der Waals surface area (Å²) in [7, 11) is 2.02. The molecule has 12 nitrogen and oxygen atoms in total. The molecule has 232 valence electrons. The average Bonchev–Trinajstić information content (AvgIpc) is 3.43. The fourth-order valence-corrected chi connectivity index (χ4v) is 4.28. The lowest BCUT2D eigenvalue weighted by Crippen LogP contribution is -2.48. The van der Waals surface area contributed by atoms with Gasteiger partial charge in [-0.15, -0.1) is 0 Å². The highest BCUT2D eigenvalue weighted by Gasteiger charge is 2.29. The van der Waals surface area contributed by atoms with E-state index in [1.165, 1.54) is 13.3 Å². The van der Waals surface area contributed by atoms with Crippen LogP contribution in [-0.2, 0) is 41.6 Å². The van der Waals surface area contributed by atoms with Gasteiger partial charge in [0.05, 0.1) is 24.5 Å². The highest BCUT2D eigenvalue weighted by Crippen LogP contribution is 2.21. The molecule has 1 heterocycles. The summed E-state index contributed by atoms with van der Waals surface area (Å²) < 4.78 is 12.9. The third kappa shape index (κ3) is 10.9. The number of aromatic nitrogens is 2. The molecule has 0 bridgehead atoms. The molecule has 12 heteroatoms. The minimum Gasteiger partial charge on any atom is -0.480 e. The van der Waals surface area contributed by atoms with E-state index in [1.54, 1.807) is 41.1 Å². The number of nitrogens with one attached hydrogen (secondary N) is 1. The second kappa shape index (κ2) is 17.2. The molecule has 5 unspecified atom stereocenters. The number of carbonyl (C=O) groups is 4. The van der Waals surface area contributed by atoms with Crippen molar-refractivity contribution in [2.24, 2.45) is 5.73 Å². The standard InChI is InChI=1S/C30H45N5O7/c1-6-11-24(34(5)20(3)7-2)18-41-30(40)27(22-12-9-8-10-13-22)42-26(36)14-15-35-17-23(32-19-35)16-25(29(38)39)33-28(37)21(4)31/h8-10,12-13,17,19-21,24-25,27H,6-7,11,14-16,18,31H2,1-5H3,(H,33,37)(H,38,39). The first-order valence-electron chi connectivity index (χ1n) is 14.4. The number of likely N-dealkylation sites (N-methyl/N-ethyl adjacent to an activating group) is 1. The molecule has 5 atom stereocenters. The lowest BCUT2D eigenvalue weighted by Gasteiger charge is -2.32. The van der Waals surface area contributed by atoms with Crippen LogP contribution in [-0.4, -0.2) is 81.2 Å². The Morgan fingerprint density at radius 1 is 1.14 bits per heavy atom. The first-order valence-corrected chi connectivity index (χ1v) is 14.4. The number of imidazole rings is 1. The van der Waals surface area contributed by atoms with Crippen LogP contribution in [0.15, 0.2) is 42.9 Å². The molecule has 0 aliphatic heterocycles. The molecule has 2 aromatic rings. The molecule has 1 amide bonds. The van der Waals surface area contributed by atoms with E-state index >= 15 is 0 Å². The van der Waals surface area contributed by atoms with Crippen LogP contribution in [0, 0.1) is 0 Å². The van der Waals surface area contributed by atoms with Gasteiger partial charge in [0.25, 0.3) is 0 Å². The van der Waals surface area contributed by atoms with Gasteiger partial charge >= 0.3 is 17.9 Å². The number of carboxylic acid groups (broad SMARTS) is 1. The van der Waals surface area contributed by atoms with E-state index in [9.17, 15) is 24.3 Å². The molecule has 0 aliphatic carbocycles. The van der Waals surface area contributed by atoms with E-state index in [4.69, 9.17) is 15.2 Å². The first-order chi connectivity index (χ1) is 20.0. The van der Waals surface area contributed by atoms with Gasteiger partial charge in [-0.25, -0.2) is 14.6 Å². The van der Waals surface area contributed by atoms with Gasteiger partial charge in [-0.3, -0.25) is 14.5 Å². The van der Waals surface area contributed by atoms with Crippen LogP contribution in [0.2, 0.25) is 0 Å². The van der Waals surface area contributed by atoms with E-state index in [-0.39, 0.29) is 32.0 Å². The largest absolute Gasteiger partial charge is 0.480 e. The molecule has 0 fully saturated rings. The topological polar surface area (TPSA) is 166 Å². The summed E-state index contributed by atoms with van der Waals surface area (Å²) in [5, 5.41) is 11.8. The number of nitrogens with two attached hydrogens (primary N) is 1. The zero-order valence-corrected chi connectivity index (χ0v) is 25.2. The van der Waals surface area contributed by atoms with Crippen molar-refractivity contribution in [3.05, 3.63) is 54.1 Å². The molecular weight excluding hydrogens is 542 g/mol. The maximum Gasteiger partial charge on any atom is 0.352 e. The third-order valence-corrected chi connectivity index (χ3v) is 7.17. The SMILES string of the molecule is CCCC(COC(=O)C(OC(=O)CCn1cnc(CC(NC(=O)C(C)N)C(=O)O)c1)c1ccccc1)N(C)C(C)CC. The van der Waals surface area contributed by atoms with Gasteiger partial charge in [0.2, 0.25) is 12.0 Å². The zero-order chi connectivity index (χ0) is 31.2. The highest BCUT2D eigenvalue weighted by atomic mass is 16.6. The number of carboxylic acids is 1. The summed E-state index contributed by atoms with van der Waals surface area (Å²) in [4.78, 5) is 55.8. The molecule has 0 saturated heterocycles. The monoisotopic (exact) mass is 587 g/mol. The maximum absolute atomic E-state index is 13.2. The molecule has 2 rings (SSSR count). The summed E-state index contributed by atoms with van der Waals surface area (Å²) in [6.07, 6.45) is 4.49. The Balaban J connectivity index is 2.02. The van der Waals surface area contributed by atoms with Crippen LogP contribution < -0.4 is 11.1 Å². The van der Waals surface area contributed by atoms with Crippen molar-refractivity contribution in [3.63, 3.8) is 0 Å². The molecule has 0 radical (unpaired) electrons. The Morgan fingerprint density at radius 3 is 2.43 bits per heavy atom. The zero-order valence-electron chi connectivity index (χ0n) is 25.2. The van der Waals surface area contributed by atoms with E-state index in [0.29, 0.717) is 17.3 Å². The maximum atomic E-state index is 13.2. The Kier molecular flexibility index (Phi) is 14.1. The van der Waals surface area contributed by atoms with Gasteiger partial charge < -0.3 is 30.2 Å². The summed E-state index contributed by atoms with van der Waals surface area (Å²) in [5.74, 6) is -3.04. The average molecular weight is 588 g/mol. The number of nitrogens with zero attached hydrogens (tertiary/aromatic N) is 3. The van der Waals surface area contributed by atoms with Crippen LogP contribution in [0.4, 0.5) is 0 Å². The van der Waals surface area contributed by atoms with Gasteiger partial charge in [-0.05, 0) is 33.7 Å². The normalized spacial score (nSPS) is 14.8. The molecule has 1 aromatic carbocycles. The molecule has 0 saturated carbocycles. The predicted octanol–water partition coefficient (Wildman–Crippen LogP) is 2.46. The molecule has 0 aliphatic rings. The molecule has 4 N–H and O–H groups in total. The molecular formula is C30H45N5O7. The van der Waals surface area contributed by atoms with Crippen molar-refractivity contribution >= 4 is 23.8 Å². The summed E-state index contributed by atoms with van der Waals surface area (Å²) in [5.41, 5.74) is 6.43. The fourth-order valence-electron chi connectivity index (χ4n) is 4.28. The second-order valence-corrected chi connectivity index (χ2v) is 10.5. The number of carbonyl (C=O) groups excluding carboxylic acids is 3. The molecule has 0 spiro atoms. The van der Waals surface area contributed by atoms with Gasteiger partial charge in [0, 0.05) is 36.8 Å². The quantitative estimate of drug-likeness (QED) is 0.221. The molecule has 42 heavy (non-hydrogen) atoms. The number of hydrogen-bond acceptors (Lipinski definition) is 9. The first kappa shape index (κ1) is 34.4. The van der Waals surface area contributed by atoms with Crippen molar-refractivity contribution in [1.82, 2.24) is 19.8 Å². The van der Waals surface area contributed by atoms with Crippen molar-refractivity contribution in [2.45, 2.75) is 96.6 Å². The number of benzene rings is 1. The Labute approximate surface area is 247 Å². The lowest BCUT2D eigenvalue weighted by molar-refractivity contribution is -0.170.